The van der Waals surface area contributed by atoms with Crippen LogP contribution in [-0.4, -0.2) is 30.6 Å². The predicted molar refractivity (Wildman–Crippen MR) is 75.6 cm³/mol. The van der Waals surface area contributed by atoms with Crippen molar-refractivity contribution in [2.24, 2.45) is 0 Å². The molecule has 1 aliphatic heterocycles. The Kier molecular flexibility index (Phi) is 9.17. The van der Waals surface area contributed by atoms with Gasteiger partial charge < -0.3 is 14.2 Å². The van der Waals surface area contributed by atoms with Crippen LogP contribution in [0.5, 0.6) is 0 Å². The molecule has 1 fully saturated rings. The van der Waals surface area contributed by atoms with Gasteiger partial charge in [0.1, 0.15) is 6.10 Å². The van der Waals surface area contributed by atoms with E-state index in [1.54, 1.807) is 20.8 Å². The molecule has 18 heavy (non-hydrogen) atoms. The summed E-state index contributed by atoms with van der Waals surface area (Å²) in [6.45, 7) is 5.73. The first-order chi connectivity index (χ1) is 7.46. The molecule has 0 aromatic carbocycles. The second kappa shape index (κ2) is 8.41. The molecule has 0 aromatic rings. The van der Waals surface area contributed by atoms with Crippen molar-refractivity contribution in [3.8, 4) is 12.3 Å². The number of carbonyl (C=O) groups excluding carboxylic acids is 1. The molecule has 0 aromatic heterocycles. The van der Waals surface area contributed by atoms with Crippen molar-refractivity contribution < 1.29 is 19.0 Å². The average molecular weight is 276 g/mol. The molecule has 1 rings (SSSR count). The standard InChI is InChI=1S/C12H18O4.CH4.H2S/c1-5-9-7-10(8-11(13)14-6-2)16-12(3,4)15-9;;/h1,9-10H,6-8H2,2-4H3;1H4;1H2/t9-,10-;;/m1../s1. The molecule has 0 unspecified atom stereocenters. The number of terminal acetylenes is 1. The summed E-state index contributed by atoms with van der Waals surface area (Å²) in [6.07, 6.45) is 5.54. The fourth-order valence-corrected chi connectivity index (χ4v) is 1.74. The summed E-state index contributed by atoms with van der Waals surface area (Å²) in [7, 11) is 0. The van der Waals surface area contributed by atoms with Crippen LogP contribution in [-0.2, 0) is 19.0 Å². The van der Waals surface area contributed by atoms with Gasteiger partial charge in [-0.3, -0.25) is 4.79 Å². The monoisotopic (exact) mass is 276 g/mol. The van der Waals surface area contributed by atoms with E-state index in [0.29, 0.717) is 13.0 Å². The van der Waals surface area contributed by atoms with Crippen molar-refractivity contribution in [2.75, 3.05) is 6.61 Å². The third-order valence-electron chi connectivity index (χ3n) is 2.24. The van der Waals surface area contributed by atoms with Crippen LogP contribution in [0.2, 0.25) is 0 Å². The van der Waals surface area contributed by atoms with Crippen LogP contribution in [0.1, 0.15) is 41.0 Å². The van der Waals surface area contributed by atoms with Gasteiger partial charge in [-0.2, -0.15) is 13.5 Å². The fraction of sp³-hybridized carbons (Fsp3) is 0.769. The lowest BCUT2D eigenvalue weighted by molar-refractivity contribution is -0.288. The second-order valence-electron chi connectivity index (χ2n) is 4.16. The van der Waals surface area contributed by atoms with Gasteiger partial charge in [0, 0.05) is 6.42 Å². The van der Waals surface area contributed by atoms with Crippen molar-refractivity contribution in [3.05, 3.63) is 0 Å². The molecule has 1 aliphatic rings. The lowest BCUT2D eigenvalue weighted by atomic mass is 10.1. The van der Waals surface area contributed by atoms with Crippen LogP contribution < -0.4 is 0 Å². The molecule has 0 amide bonds. The van der Waals surface area contributed by atoms with E-state index in [-0.39, 0.29) is 45.5 Å². The minimum absolute atomic E-state index is 0. The first-order valence-electron chi connectivity index (χ1n) is 5.44. The van der Waals surface area contributed by atoms with Crippen molar-refractivity contribution in [2.45, 2.75) is 59.0 Å². The Hall–Kier alpha value is -0.700. The SMILES string of the molecule is C.C#C[C@@H]1C[C@H](CC(=O)OCC)OC(C)(C)O1.S. The molecule has 0 spiro atoms. The molecule has 4 nitrogen and oxygen atoms in total. The molecule has 0 saturated carbocycles. The smallest absolute Gasteiger partial charge is 0.308 e. The molecule has 5 heteroatoms. The predicted octanol–water partition coefficient (Wildman–Crippen LogP) is 2.23. The lowest BCUT2D eigenvalue weighted by Gasteiger charge is -2.38. The van der Waals surface area contributed by atoms with Gasteiger partial charge in [0.2, 0.25) is 0 Å². The minimum Gasteiger partial charge on any atom is -0.466 e. The Balaban J connectivity index is 0. The highest BCUT2D eigenvalue weighted by Gasteiger charge is 2.35. The molecule has 0 bridgehead atoms. The van der Waals surface area contributed by atoms with Gasteiger partial charge >= 0.3 is 5.97 Å². The molecule has 106 valence electrons. The summed E-state index contributed by atoms with van der Waals surface area (Å²) < 4.78 is 16.0. The summed E-state index contributed by atoms with van der Waals surface area (Å²) in [5.74, 6) is 1.53. The Labute approximate surface area is 117 Å². The largest absolute Gasteiger partial charge is 0.466 e. The number of carbonyl (C=O) groups is 1. The summed E-state index contributed by atoms with van der Waals surface area (Å²) in [4.78, 5) is 11.3. The third kappa shape index (κ3) is 6.29. The summed E-state index contributed by atoms with van der Waals surface area (Å²) in [6, 6.07) is 0. The molecule has 0 radical (unpaired) electrons. The van der Waals surface area contributed by atoms with E-state index in [4.69, 9.17) is 20.6 Å². The van der Waals surface area contributed by atoms with Crippen LogP contribution in [0.3, 0.4) is 0 Å². The van der Waals surface area contributed by atoms with Crippen molar-refractivity contribution in [1.82, 2.24) is 0 Å². The van der Waals surface area contributed by atoms with E-state index in [1.165, 1.54) is 0 Å². The molecular formula is C13H24O4S. The zero-order valence-corrected chi connectivity index (χ0v) is 11.5. The molecule has 0 aliphatic carbocycles. The third-order valence-corrected chi connectivity index (χ3v) is 2.24. The fourth-order valence-electron chi connectivity index (χ4n) is 1.74. The van der Waals surface area contributed by atoms with Gasteiger partial charge in [-0.1, -0.05) is 13.3 Å². The molecule has 1 heterocycles. The minimum atomic E-state index is -0.744. The van der Waals surface area contributed by atoms with Crippen molar-refractivity contribution in [1.29, 1.82) is 0 Å². The van der Waals surface area contributed by atoms with Gasteiger partial charge in [-0.05, 0) is 20.8 Å². The van der Waals surface area contributed by atoms with E-state index < -0.39 is 5.79 Å². The summed E-state index contributed by atoms with van der Waals surface area (Å²) >= 11 is 0. The zero-order chi connectivity index (χ0) is 12.2. The molecule has 1 saturated heterocycles. The highest BCUT2D eigenvalue weighted by Crippen LogP contribution is 2.28. The molecule has 2 atom stereocenters. The second-order valence-corrected chi connectivity index (χ2v) is 4.16. The quantitative estimate of drug-likeness (QED) is 0.586. The van der Waals surface area contributed by atoms with E-state index in [1.807, 2.05) is 0 Å². The maximum atomic E-state index is 11.3. The number of hydrogen-bond donors (Lipinski definition) is 0. The summed E-state index contributed by atoms with van der Waals surface area (Å²) in [5.41, 5.74) is 0. The number of ether oxygens (including phenoxy) is 3. The van der Waals surface area contributed by atoms with Gasteiger partial charge in [0.05, 0.1) is 19.1 Å². The maximum Gasteiger partial charge on any atom is 0.308 e. The molecule has 0 N–H and O–H groups in total. The van der Waals surface area contributed by atoms with Crippen LogP contribution in [0.15, 0.2) is 0 Å². The van der Waals surface area contributed by atoms with E-state index in [0.717, 1.165) is 0 Å². The Morgan fingerprint density at radius 1 is 1.50 bits per heavy atom. The van der Waals surface area contributed by atoms with Crippen LogP contribution in [0.25, 0.3) is 0 Å². The first-order valence-corrected chi connectivity index (χ1v) is 5.44. The number of hydrogen-bond acceptors (Lipinski definition) is 4. The van der Waals surface area contributed by atoms with Gasteiger partial charge in [0.25, 0.3) is 0 Å². The summed E-state index contributed by atoms with van der Waals surface area (Å²) in [5, 5.41) is 0. The van der Waals surface area contributed by atoms with Gasteiger partial charge in [-0.25, -0.2) is 0 Å². The Bertz CT molecular complexity index is 296. The maximum absolute atomic E-state index is 11.3. The topological polar surface area (TPSA) is 44.8 Å². The lowest BCUT2D eigenvalue weighted by Crippen LogP contribution is -2.44. The zero-order valence-electron chi connectivity index (χ0n) is 10.5. The first kappa shape index (κ1) is 19.6. The van der Waals surface area contributed by atoms with Crippen LogP contribution >= 0.6 is 13.5 Å². The average Bonchev–Trinajstić information content (AvgIpc) is 2.15. The van der Waals surface area contributed by atoms with E-state index in [9.17, 15) is 4.79 Å². The highest BCUT2D eigenvalue weighted by molar-refractivity contribution is 7.59. The van der Waals surface area contributed by atoms with Crippen molar-refractivity contribution in [3.63, 3.8) is 0 Å². The van der Waals surface area contributed by atoms with E-state index in [2.05, 4.69) is 5.92 Å². The number of rotatable bonds is 3. The Morgan fingerprint density at radius 2 is 2.11 bits per heavy atom. The van der Waals surface area contributed by atoms with Crippen molar-refractivity contribution >= 4 is 19.5 Å². The normalized spacial score (nSPS) is 25.0. The number of esters is 1. The Morgan fingerprint density at radius 3 is 2.61 bits per heavy atom. The van der Waals surface area contributed by atoms with E-state index >= 15 is 0 Å². The van der Waals surface area contributed by atoms with Gasteiger partial charge in [0.15, 0.2) is 5.79 Å². The molecular weight excluding hydrogens is 252 g/mol. The van der Waals surface area contributed by atoms with Crippen LogP contribution in [0.4, 0.5) is 0 Å². The van der Waals surface area contributed by atoms with Gasteiger partial charge in [-0.15, -0.1) is 6.42 Å². The van der Waals surface area contributed by atoms with Crippen LogP contribution in [0, 0.1) is 12.3 Å². The highest BCUT2D eigenvalue weighted by atomic mass is 32.1.